The zero-order valence-electron chi connectivity index (χ0n) is 23.4. The van der Waals surface area contributed by atoms with E-state index >= 15 is 0 Å². The van der Waals surface area contributed by atoms with Crippen LogP contribution in [0.25, 0.3) is 22.2 Å². The van der Waals surface area contributed by atoms with Crippen molar-refractivity contribution in [2.24, 2.45) is 5.92 Å². The number of carbonyl (C=O) groups excluding carboxylic acids is 1. The number of piperazine rings is 1. The van der Waals surface area contributed by atoms with Crippen molar-refractivity contribution in [2.45, 2.75) is 6.18 Å². The summed E-state index contributed by atoms with van der Waals surface area (Å²) in [5.74, 6) is 0.243. The zero-order valence-corrected chi connectivity index (χ0v) is 24.2. The Hall–Kier alpha value is -4.24. The number of carbonyl (C=O) groups is 2. The lowest BCUT2D eigenvalue weighted by Crippen LogP contribution is -2.49. The fourth-order valence-electron chi connectivity index (χ4n) is 5.00. The molecule has 2 saturated heterocycles. The van der Waals surface area contributed by atoms with Crippen LogP contribution in [0.4, 0.5) is 29.2 Å². The standard InChI is InChI=1S/C27H28ClF4N7O2.CH2O2/c1-2-23(40)38-5-7-39(8-6-38)25-18-11-20(28)17(24-19(27(30,31)32)3-4-22(33)35-24)12-21(18)34-26(36-25)41-10-9-37-14-16(13-29)15-37;2-1-3/h2-4,11-12,16H,1,5-10,13-15H2,(H2,33,35);1H,(H,2,3). The molecular formula is C28H30ClF4N7O4. The number of nitrogen functional groups attached to an aromatic ring is 1. The molecule has 2 aliphatic heterocycles. The van der Waals surface area contributed by atoms with Gasteiger partial charge in [0.2, 0.25) is 5.91 Å². The first-order valence-electron chi connectivity index (χ1n) is 13.5. The molecule has 1 amide bonds. The number of amides is 1. The van der Waals surface area contributed by atoms with Gasteiger partial charge in [-0.2, -0.15) is 23.1 Å². The van der Waals surface area contributed by atoms with Crippen LogP contribution in [0, 0.1) is 5.92 Å². The molecular weight excluding hydrogens is 610 g/mol. The second-order valence-electron chi connectivity index (χ2n) is 10.1. The summed E-state index contributed by atoms with van der Waals surface area (Å²) in [6, 6.07) is 4.91. The summed E-state index contributed by atoms with van der Waals surface area (Å²) in [6.45, 7) is 6.73. The highest BCUT2D eigenvalue weighted by atomic mass is 35.5. The second kappa shape index (κ2) is 14.0. The van der Waals surface area contributed by atoms with Gasteiger partial charge >= 0.3 is 12.2 Å². The van der Waals surface area contributed by atoms with Gasteiger partial charge in [0, 0.05) is 62.7 Å². The monoisotopic (exact) mass is 639 g/mol. The van der Waals surface area contributed by atoms with Gasteiger partial charge < -0.3 is 25.4 Å². The molecule has 0 saturated carbocycles. The number of benzene rings is 1. The lowest BCUT2D eigenvalue weighted by atomic mass is 10.0. The van der Waals surface area contributed by atoms with Crippen LogP contribution in [-0.2, 0) is 15.8 Å². The van der Waals surface area contributed by atoms with Crippen molar-refractivity contribution in [3.63, 3.8) is 0 Å². The number of rotatable bonds is 8. The van der Waals surface area contributed by atoms with Gasteiger partial charge in [-0.3, -0.25) is 18.9 Å². The van der Waals surface area contributed by atoms with Crippen LogP contribution in [-0.4, -0.2) is 101 Å². The van der Waals surface area contributed by atoms with Crippen LogP contribution in [0.2, 0.25) is 5.02 Å². The number of anilines is 2. The number of nitrogens with two attached hydrogens (primary N) is 1. The van der Waals surface area contributed by atoms with Gasteiger partial charge in [0.05, 0.1) is 28.5 Å². The van der Waals surface area contributed by atoms with E-state index in [4.69, 9.17) is 32.0 Å². The first-order valence-corrected chi connectivity index (χ1v) is 13.9. The first-order chi connectivity index (χ1) is 21.0. The van der Waals surface area contributed by atoms with Gasteiger partial charge in [0.1, 0.15) is 18.2 Å². The van der Waals surface area contributed by atoms with E-state index in [1.807, 2.05) is 9.80 Å². The largest absolute Gasteiger partial charge is 0.483 e. The van der Waals surface area contributed by atoms with Crippen molar-refractivity contribution in [1.82, 2.24) is 24.8 Å². The molecule has 2 fully saturated rings. The topological polar surface area (TPSA) is 138 Å². The van der Waals surface area contributed by atoms with Crippen molar-refractivity contribution >= 4 is 46.5 Å². The number of alkyl halides is 4. The molecule has 16 heteroatoms. The molecule has 3 N–H and O–H groups in total. The third-order valence-electron chi connectivity index (χ3n) is 7.18. The molecule has 0 aliphatic carbocycles. The number of halogens is 5. The van der Waals surface area contributed by atoms with Gasteiger partial charge in [-0.25, -0.2) is 4.98 Å². The maximum Gasteiger partial charge on any atom is 0.418 e. The summed E-state index contributed by atoms with van der Waals surface area (Å²) in [5, 5.41) is 7.40. The number of likely N-dealkylation sites (tertiary alicyclic amines) is 1. The third kappa shape index (κ3) is 7.45. The van der Waals surface area contributed by atoms with Gasteiger partial charge in [0.25, 0.3) is 6.47 Å². The van der Waals surface area contributed by atoms with Gasteiger partial charge in [-0.05, 0) is 30.3 Å². The van der Waals surface area contributed by atoms with E-state index in [1.165, 1.54) is 18.2 Å². The maximum atomic E-state index is 13.8. The number of ether oxygens (including phenoxy) is 1. The maximum absolute atomic E-state index is 13.8. The van der Waals surface area contributed by atoms with Crippen LogP contribution in [0.15, 0.2) is 36.9 Å². The van der Waals surface area contributed by atoms with E-state index in [9.17, 15) is 22.4 Å². The van der Waals surface area contributed by atoms with Crippen LogP contribution < -0.4 is 15.4 Å². The summed E-state index contributed by atoms with van der Waals surface area (Å²) in [4.78, 5) is 39.1. The van der Waals surface area contributed by atoms with Crippen LogP contribution in [0.3, 0.4) is 0 Å². The molecule has 44 heavy (non-hydrogen) atoms. The number of aromatic nitrogens is 3. The number of hydrogen-bond donors (Lipinski definition) is 2. The Bertz CT molecular complexity index is 1510. The highest BCUT2D eigenvalue weighted by Gasteiger charge is 2.35. The molecule has 0 bridgehead atoms. The number of carboxylic acid groups (broad SMARTS) is 1. The Kier molecular flexibility index (Phi) is 10.4. The number of nitrogens with zero attached hydrogens (tertiary/aromatic N) is 6. The van der Waals surface area contributed by atoms with Crippen LogP contribution in [0.5, 0.6) is 6.01 Å². The predicted molar refractivity (Wildman–Crippen MR) is 156 cm³/mol. The Morgan fingerprint density at radius 3 is 2.45 bits per heavy atom. The minimum atomic E-state index is -4.69. The molecule has 4 heterocycles. The Balaban J connectivity index is 0.00000141. The molecule has 236 valence electrons. The highest BCUT2D eigenvalue weighted by Crippen LogP contribution is 2.41. The highest BCUT2D eigenvalue weighted by molar-refractivity contribution is 6.34. The van der Waals surface area contributed by atoms with E-state index in [2.05, 4.69) is 21.5 Å². The van der Waals surface area contributed by atoms with Gasteiger partial charge in [-0.15, -0.1) is 0 Å². The number of pyridine rings is 1. The summed E-state index contributed by atoms with van der Waals surface area (Å²) in [6.07, 6.45) is -3.43. The molecule has 0 atom stereocenters. The normalized spacial score (nSPS) is 15.8. The van der Waals surface area contributed by atoms with Gasteiger partial charge in [-0.1, -0.05) is 18.2 Å². The summed E-state index contributed by atoms with van der Waals surface area (Å²) >= 11 is 6.56. The Labute approximate surface area is 254 Å². The average Bonchev–Trinajstić information content (AvgIpc) is 2.97. The van der Waals surface area contributed by atoms with Crippen molar-refractivity contribution in [3.8, 4) is 17.3 Å². The lowest BCUT2D eigenvalue weighted by Gasteiger charge is -2.37. The molecule has 11 nitrogen and oxygen atoms in total. The second-order valence-corrected chi connectivity index (χ2v) is 10.5. The van der Waals surface area contributed by atoms with Crippen molar-refractivity contribution in [1.29, 1.82) is 0 Å². The molecule has 0 spiro atoms. The Morgan fingerprint density at radius 2 is 1.84 bits per heavy atom. The summed E-state index contributed by atoms with van der Waals surface area (Å²) in [5.41, 5.74) is 4.65. The van der Waals surface area contributed by atoms with E-state index in [0.717, 1.165) is 12.1 Å². The van der Waals surface area contributed by atoms with Crippen LogP contribution in [0.1, 0.15) is 5.56 Å². The minimum absolute atomic E-state index is 0.00799. The molecule has 1 aromatic carbocycles. The number of fused-ring (bicyclic) bond motifs is 1. The van der Waals surface area contributed by atoms with Crippen LogP contribution >= 0.6 is 11.6 Å². The van der Waals surface area contributed by atoms with Crippen molar-refractivity contribution < 1.29 is 37.0 Å². The zero-order chi connectivity index (χ0) is 32.0. The van der Waals surface area contributed by atoms with E-state index in [1.54, 1.807) is 4.90 Å². The van der Waals surface area contributed by atoms with Crippen molar-refractivity contribution in [3.05, 3.63) is 47.5 Å². The molecule has 0 unspecified atom stereocenters. The van der Waals surface area contributed by atoms with E-state index in [0.29, 0.717) is 62.5 Å². The van der Waals surface area contributed by atoms with E-state index < -0.39 is 17.4 Å². The lowest BCUT2D eigenvalue weighted by molar-refractivity contribution is -0.137. The van der Waals surface area contributed by atoms with Gasteiger partial charge in [0.15, 0.2) is 0 Å². The molecule has 0 radical (unpaired) electrons. The average molecular weight is 640 g/mol. The first kappa shape index (κ1) is 32.7. The number of hydrogen-bond acceptors (Lipinski definition) is 9. The molecule has 5 rings (SSSR count). The smallest absolute Gasteiger partial charge is 0.418 e. The molecule has 3 aromatic rings. The van der Waals surface area contributed by atoms with Crippen molar-refractivity contribution in [2.75, 3.05) is 69.7 Å². The summed E-state index contributed by atoms with van der Waals surface area (Å²) in [7, 11) is 0. The van der Waals surface area contributed by atoms with E-state index in [-0.39, 0.29) is 54.0 Å². The predicted octanol–water partition coefficient (Wildman–Crippen LogP) is 3.76. The fourth-order valence-corrected chi connectivity index (χ4v) is 5.25. The SMILES string of the molecule is C=CC(=O)N1CCN(c2nc(OCCN3CC(CF)C3)nc3cc(-c4nc(N)ccc4C(F)(F)F)c(Cl)cc23)CC1.O=CO. The fraction of sp³-hybridized carbons (Fsp3) is 0.393. The third-order valence-corrected chi connectivity index (χ3v) is 7.49. The summed E-state index contributed by atoms with van der Waals surface area (Å²) < 4.78 is 60.2. The quantitative estimate of drug-likeness (QED) is 0.213. The minimum Gasteiger partial charge on any atom is -0.483 e. The molecule has 2 aliphatic rings. The Morgan fingerprint density at radius 1 is 1.16 bits per heavy atom. The molecule has 2 aromatic heterocycles.